The first-order chi connectivity index (χ1) is 7.54. The van der Waals surface area contributed by atoms with E-state index in [2.05, 4.69) is 0 Å². The molecular formula is C12H17FN2O. The van der Waals surface area contributed by atoms with Crippen LogP contribution in [0.4, 0.5) is 10.1 Å². The van der Waals surface area contributed by atoms with E-state index in [1.54, 1.807) is 24.0 Å². The number of rotatable bonds is 4. The van der Waals surface area contributed by atoms with Crippen LogP contribution in [0.15, 0.2) is 24.3 Å². The van der Waals surface area contributed by atoms with Gasteiger partial charge in [-0.1, -0.05) is 0 Å². The van der Waals surface area contributed by atoms with Crippen molar-refractivity contribution in [2.75, 3.05) is 11.4 Å². The maximum absolute atomic E-state index is 12.7. The highest BCUT2D eigenvalue weighted by Gasteiger charge is 2.14. The molecule has 4 heteroatoms. The molecule has 0 aliphatic rings. The number of carbonyl (C=O) groups excluding carboxylic acids is 1. The van der Waals surface area contributed by atoms with Gasteiger partial charge in [-0.25, -0.2) is 4.39 Å². The van der Waals surface area contributed by atoms with Gasteiger partial charge in [0.15, 0.2) is 0 Å². The van der Waals surface area contributed by atoms with Gasteiger partial charge < -0.3 is 10.6 Å². The molecule has 1 amide bonds. The smallest absolute Gasteiger partial charge is 0.228 e. The zero-order chi connectivity index (χ0) is 12.1. The van der Waals surface area contributed by atoms with E-state index in [0.717, 1.165) is 0 Å². The molecule has 0 bridgehead atoms. The summed E-state index contributed by atoms with van der Waals surface area (Å²) in [5, 5.41) is 0. The monoisotopic (exact) mass is 224 g/mol. The lowest BCUT2D eigenvalue weighted by Crippen LogP contribution is -2.34. The van der Waals surface area contributed by atoms with E-state index in [-0.39, 0.29) is 17.8 Å². The third-order valence-corrected chi connectivity index (χ3v) is 2.25. The molecule has 0 saturated carbocycles. The number of halogens is 1. The fourth-order valence-corrected chi connectivity index (χ4v) is 1.51. The standard InChI is InChI=1S/C12H17FN2O/c1-3-15(12(16)8-9(2)14)11-6-4-10(13)5-7-11/h4-7,9H,3,8,14H2,1-2H3. The molecule has 0 spiro atoms. The van der Waals surface area contributed by atoms with Gasteiger partial charge in [-0.15, -0.1) is 0 Å². The SMILES string of the molecule is CCN(C(=O)CC(C)N)c1ccc(F)cc1. The minimum Gasteiger partial charge on any atom is -0.327 e. The number of amides is 1. The number of nitrogens with two attached hydrogens (primary N) is 1. The van der Waals surface area contributed by atoms with E-state index in [1.165, 1.54) is 12.1 Å². The van der Waals surface area contributed by atoms with Crippen LogP contribution in [0, 0.1) is 5.82 Å². The van der Waals surface area contributed by atoms with Crippen LogP contribution >= 0.6 is 0 Å². The van der Waals surface area contributed by atoms with Crippen molar-refractivity contribution in [2.45, 2.75) is 26.3 Å². The molecule has 0 fully saturated rings. The first-order valence-electron chi connectivity index (χ1n) is 5.36. The molecule has 1 rings (SSSR count). The maximum atomic E-state index is 12.7. The third-order valence-electron chi connectivity index (χ3n) is 2.25. The van der Waals surface area contributed by atoms with E-state index in [4.69, 9.17) is 5.73 Å². The van der Waals surface area contributed by atoms with Crippen molar-refractivity contribution >= 4 is 11.6 Å². The Morgan fingerprint density at radius 3 is 2.44 bits per heavy atom. The number of anilines is 1. The first kappa shape index (κ1) is 12.6. The maximum Gasteiger partial charge on any atom is 0.228 e. The normalized spacial score (nSPS) is 12.2. The van der Waals surface area contributed by atoms with E-state index in [0.29, 0.717) is 18.7 Å². The Labute approximate surface area is 95.0 Å². The molecule has 88 valence electrons. The minimum atomic E-state index is -0.306. The van der Waals surface area contributed by atoms with Crippen molar-refractivity contribution in [1.82, 2.24) is 0 Å². The molecule has 0 aliphatic heterocycles. The summed E-state index contributed by atoms with van der Waals surface area (Å²) < 4.78 is 12.7. The van der Waals surface area contributed by atoms with Crippen LogP contribution in [0.25, 0.3) is 0 Å². The van der Waals surface area contributed by atoms with Crippen LogP contribution in [0.1, 0.15) is 20.3 Å². The van der Waals surface area contributed by atoms with Crippen molar-refractivity contribution in [3.8, 4) is 0 Å². The average molecular weight is 224 g/mol. The third kappa shape index (κ3) is 3.31. The van der Waals surface area contributed by atoms with Gasteiger partial charge in [-0.05, 0) is 38.1 Å². The number of hydrogen-bond donors (Lipinski definition) is 1. The van der Waals surface area contributed by atoms with E-state index in [9.17, 15) is 9.18 Å². The number of hydrogen-bond acceptors (Lipinski definition) is 2. The minimum absolute atomic E-state index is 0.0379. The summed E-state index contributed by atoms with van der Waals surface area (Å²) in [6.07, 6.45) is 0.297. The predicted octanol–water partition coefficient (Wildman–Crippen LogP) is 1.92. The molecule has 0 saturated heterocycles. The number of carbonyl (C=O) groups is 1. The summed E-state index contributed by atoms with van der Waals surface area (Å²) in [5.74, 6) is -0.344. The highest BCUT2D eigenvalue weighted by Crippen LogP contribution is 2.15. The Hall–Kier alpha value is -1.42. The summed E-state index contributed by atoms with van der Waals surface area (Å²) in [4.78, 5) is 13.4. The largest absolute Gasteiger partial charge is 0.327 e. The molecule has 1 aromatic carbocycles. The average Bonchev–Trinajstić information content (AvgIpc) is 2.21. The van der Waals surface area contributed by atoms with Crippen LogP contribution in [0.2, 0.25) is 0 Å². The molecule has 16 heavy (non-hydrogen) atoms. The Balaban J connectivity index is 2.81. The van der Waals surface area contributed by atoms with Gasteiger partial charge in [0.05, 0.1) is 0 Å². The summed E-state index contributed by atoms with van der Waals surface area (Å²) in [5.41, 5.74) is 6.28. The van der Waals surface area contributed by atoms with Crippen molar-refractivity contribution < 1.29 is 9.18 Å². The fraction of sp³-hybridized carbons (Fsp3) is 0.417. The van der Waals surface area contributed by atoms with Crippen molar-refractivity contribution in [3.63, 3.8) is 0 Å². The number of nitrogens with zero attached hydrogens (tertiary/aromatic N) is 1. The highest BCUT2D eigenvalue weighted by molar-refractivity contribution is 5.93. The first-order valence-corrected chi connectivity index (χ1v) is 5.36. The second-order valence-corrected chi connectivity index (χ2v) is 3.80. The topological polar surface area (TPSA) is 46.3 Å². The lowest BCUT2D eigenvalue weighted by Gasteiger charge is -2.21. The summed E-state index contributed by atoms with van der Waals surface area (Å²) in [6.45, 7) is 4.22. The summed E-state index contributed by atoms with van der Waals surface area (Å²) >= 11 is 0. The zero-order valence-corrected chi connectivity index (χ0v) is 9.61. The lowest BCUT2D eigenvalue weighted by molar-refractivity contribution is -0.118. The van der Waals surface area contributed by atoms with E-state index < -0.39 is 0 Å². The van der Waals surface area contributed by atoms with Gasteiger partial charge in [0.1, 0.15) is 5.82 Å². The van der Waals surface area contributed by atoms with Crippen LogP contribution in [0.5, 0.6) is 0 Å². The van der Waals surface area contributed by atoms with Gasteiger partial charge in [0, 0.05) is 24.7 Å². The van der Waals surface area contributed by atoms with Crippen molar-refractivity contribution in [3.05, 3.63) is 30.1 Å². The van der Waals surface area contributed by atoms with Crippen LogP contribution < -0.4 is 10.6 Å². The Morgan fingerprint density at radius 2 is 2.00 bits per heavy atom. The van der Waals surface area contributed by atoms with Crippen LogP contribution in [-0.2, 0) is 4.79 Å². The van der Waals surface area contributed by atoms with Gasteiger partial charge in [-0.3, -0.25) is 4.79 Å². The van der Waals surface area contributed by atoms with Crippen LogP contribution in [-0.4, -0.2) is 18.5 Å². The molecule has 1 unspecified atom stereocenters. The molecule has 3 nitrogen and oxygen atoms in total. The predicted molar refractivity (Wildman–Crippen MR) is 62.7 cm³/mol. The molecule has 0 heterocycles. The lowest BCUT2D eigenvalue weighted by atomic mass is 10.2. The summed E-state index contributed by atoms with van der Waals surface area (Å²) in [7, 11) is 0. The molecule has 0 aliphatic carbocycles. The molecule has 1 atom stereocenters. The van der Waals surface area contributed by atoms with Gasteiger partial charge >= 0.3 is 0 Å². The molecule has 1 aromatic rings. The van der Waals surface area contributed by atoms with E-state index in [1.807, 2.05) is 6.92 Å². The zero-order valence-electron chi connectivity index (χ0n) is 9.61. The quantitative estimate of drug-likeness (QED) is 0.849. The highest BCUT2D eigenvalue weighted by atomic mass is 19.1. The van der Waals surface area contributed by atoms with Crippen molar-refractivity contribution in [1.29, 1.82) is 0 Å². The molecule has 0 radical (unpaired) electrons. The number of benzene rings is 1. The second-order valence-electron chi connectivity index (χ2n) is 3.80. The summed E-state index contributed by atoms with van der Waals surface area (Å²) in [6, 6.07) is 5.71. The Morgan fingerprint density at radius 1 is 1.44 bits per heavy atom. The Bertz CT molecular complexity index is 349. The Kier molecular flexibility index (Phi) is 4.43. The van der Waals surface area contributed by atoms with Gasteiger partial charge in [0.25, 0.3) is 0 Å². The van der Waals surface area contributed by atoms with Gasteiger partial charge in [0.2, 0.25) is 5.91 Å². The fourth-order valence-electron chi connectivity index (χ4n) is 1.51. The van der Waals surface area contributed by atoms with Gasteiger partial charge in [-0.2, -0.15) is 0 Å². The van der Waals surface area contributed by atoms with Crippen LogP contribution in [0.3, 0.4) is 0 Å². The van der Waals surface area contributed by atoms with E-state index >= 15 is 0 Å². The molecular weight excluding hydrogens is 207 g/mol. The van der Waals surface area contributed by atoms with Crippen molar-refractivity contribution in [2.24, 2.45) is 5.73 Å². The molecule has 0 aromatic heterocycles. The second kappa shape index (κ2) is 5.61. The molecule has 2 N–H and O–H groups in total.